The lowest BCUT2D eigenvalue weighted by Crippen LogP contribution is -2.60. The summed E-state index contributed by atoms with van der Waals surface area (Å²) in [4.78, 5) is 27.6. The van der Waals surface area contributed by atoms with Crippen LogP contribution in [0.5, 0.6) is 11.5 Å². The third-order valence-electron chi connectivity index (χ3n) is 6.10. The average molecular weight is 371 g/mol. The van der Waals surface area contributed by atoms with Crippen molar-refractivity contribution >= 4 is 23.6 Å². The molecule has 26 heavy (non-hydrogen) atoms. The van der Waals surface area contributed by atoms with E-state index in [9.17, 15) is 14.9 Å². The first-order chi connectivity index (χ1) is 12.3. The number of carbonyl (C=O) groups is 2. The number of carbonyl (C=O) groups excluding carboxylic acids is 2. The summed E-state index contributed by atoms with van der Waals surface area (Å²) >= 11 is 1.36. The Morgan fingerprint density at radius 3 is 2.77 bits per heavy atom. The zero-order valence-electron chi connectivity index (χ0n) is 14.6. The van der Waals surface area contributed by atoms with Crippen LogP contribution in [-0.4, -0.2) is 45.2 Å². The van der Waals surface area contributed by atoms with Gasteiger partial charge in [-0.15, -0.1) is 0 Å². The minimum absolute atomic E-state index is 0.107. The van der Waals surface area contributed by atoms with Gasteiger partial charge in [0.05, 0.1) is 17.5 Å². The van der Waals surface area contributed by atoms with E-state index in [1.807, 2.05) is 19.1 Å². The zero-order valence-corrected chi connectivity index (χ0v) is 15.4. The number of hydrogen-bond acceptors (Lipinski definition) is 6. The van der Waals surface area contributed by atoms with Crippen molar-refractivity contribution in [1.29, 1.82) is 5.26 Å². The fourth-order valence-corrected chi connectivity index (χ4v) is 6.72. The van der Waals surface area contributed by atoms with E-state index in [0.29, 0.717) is 17.9 Å². The number of para-hydroxylation sites is 1. The standard InChI is InChI=1S/C18H17N3O4S/c1-16(8-19)7-18-15(23)20(3)17(2,26-18)14(22)21(18)13(16)10-5-4-6-11-12(10)25-9-24-11/h4-6,13H,7,9H2,1-3H3/t13-,16+,17-,18-/m0/s1. The van der Waals surface area contributed by atoms with Crippen LogP contribution >= 0.6 is 11.8 Å². The first-order valence-electron chi connectivity index (χ1n) is 8.40. The lowest BCUT2D eigenvalue weighted by molar-refractivity contribution is -0.159. The summed E-state index contributed by atoms with van der Waals surface area (Å²) in [6.45, 7) is 3.70. The number of hydrogen-bond donors (Lipinski definition) is 0. The first-order valence-corrected chi connectivity index (χ1v) is 9.22. The summed E-state index contributed by atoms with van der Waals surface area (Å²) in [7, 11) is 1.66. The molecular weight excluding hydrogens is 354 g/mol. The molecule has 134 valence electrons. The number of rotatable bonds is 1. The molecule has 0 N–H and O–H groups in total. The van der Waals surface area contributed by atoms with Gasteiger partial charge in [-0.25, -0.2) is 0 Å². The highest BCUT2D eigenvalue weighted by Crippen LogP contribution is 2.70. The zero-order chi connectivity index (χ0) is 18.5. The number of fused-ring (bicyclic) bond motifs is 2. The maximum absolute atomic E-state index is 13.3. The van der Waals surface area contributed by atoms with E-state index < -0.39 is 21.2 Å². The predicted molar refractivity (Wildman–Crippen MR) is 92.0 cm³/mol. The minimum Gasteiger partial charge on any atom is -0.454 e. The molecule has 0 aliphatic carbocycles. The van der Waals surface area contributed by atoms with Crippen molar-refractivity contribution in [3.8, 4) is 17.6 Å². The van der Waals surface area contributed by atoms with Crippen LogP contribution in [0.3, 0.4) is 0 Å². The smallest absolute Gasteiger partial charge is 0.261 e. The lowest BCUT2D eigenvalue weighted by Gasteiger charge is -2.40. The second-order valence-corrected chi connectivity index (χ2v) is 9.27. The predicted octanol–water partition coefficient (Wildman–Crippen LogP) is 1.85. The van der Waals surface area contributed by atoms with Gasteiger partial charge in [0.15, 0.2) is 21.2 Å². The fourth-order valence-electron chi connectivity index (χ4n) is 4.78. The molecule has 2 bridgehead atoms. The van der Waals surface area contributed by atoms with Gasteiger partial charge in [0.25, 0.3) is 11.8 Å². The molecule has 3 saturated heterocycles. The number of likely N-dealkylation sites (N-methyl/N-ethyl adjacent to an activating group) is 1. The molecule has 3 fully saturated rings. The molecule has 0 saturated carbocycles. The van der Waals surface area contributed by atoms with Gasteiger partial charge in [-0.2, -0.15) is 5.26 Å². The molecular formula is C18H17N3O4S. The normalized spacial score (nSPS) is 39.5. The van der Waals surface area contributed by atoms with Crippen LogP contribution in [-0.2, 0) is 9.59 Å². The van der Waals surface area contributed by atoms with E-state index in [1.165, 1.54) is 16.7 Å². The van der Waals surface area contributed by atoms with Gasteiger partial charge in [-0.3, -0.25) is 9.59 Å². The van der Waals surface area contributed by atoms with Gasteiger partial charge in [0.2, 0.25) is 6.79 Å². The number of amides is 2. The third-order valence-corrected chi connectivity index (χ3v) is 7.80. The summed E-state index contributed by atoms with van der Waals surface area (Å²) in [6, 6.07) is 7.29. The number of nitriles is 1. The first kappa shape index (κ1) is 15.8. The molecule has 7 nitrogen and oxygen atoms in total. The van der Waals surface area contributed by atoms with Gasteiger partial charge < -0.3 is 19.3 Å². The van der Waals surface area contributed by atoms with E-state index in [1.54, 1.807) is 24.9 Å². The van der Waals surface area contributed by atoms with Gasteiger partial charge in [0, 0.05) is 19.0 Å². The molecule has 0 unspecified atom stereocenters. The van der Waals surface area contributed by atoms with Crippen LogP contribution in [0.2, 0.25) is 0 Å². The Labute approximate surface area is 154 Å². The van der Waals surface area contributed by atoms with Crippen LogP contribution in [0.1, 0.15) is 31.9 Å². The van der Waals surface area contributed by atoms with E-state index >= 15 is 0 Å². The topological polar surface area (TPSA) is 82.9 Å². The van der Waals surface area contributed by atoms with Crippen molar-refractivity contribution in [2.24, 2.45) is 5.41 Å². The number of thioether (sulfide) groups is 1. The summed E-state index contributed by atoms with van der Waals surface area (Å²) in [5.74, 6) is 0.911. The Kier molecular flexibility index (Phi) is 2.72. The molecule has 1 aromatic rings. The molecule has 4 heterocycles. The average Bonchev–Trinajstić information content (AvgIpc) is 3.29. The highest BCUT2D eigenvalue weighted by molar-refractivity contribution is 8.04. The monoisotopic (exact) mass is 371 g/mol. The van der Waals surface area contributed by atoms with Crippen LogP contribution in [0.15, 0.2) is 18.2 Å². The summed E-state index contributed by atoms with van der Waals surface area (Å²) in [6.07, 6.45) is 0.293. The second kappa shape index (κ2) is 4.46. The van der Waals surface area contributed by atoms with E-state index in [-0.39, 0.29) is 18.6 Å². The number of benzene rings is 1. The molecule has 1 aromatic carbocycles. The Hall–Kier alpha value is -2.40. The summed E-state index contributed by atoms with van der Waals surface area (Å²) in [5.41, 5.74) is -0.187. The molecule has 0 aromatic heterocycles. The largest absolute Gasteiger partial charge is 0.454 e. The highest BCUT2D eigenvalue weighted by atomic mass is 32.2. The number of piperazine rings is 1. The van der Waals surface area contributed by atoms with Gasteiger partial charge in [-0.1, -0.05) is 23.9 Å². The molecule has 2 amide bonds. The van der Waals surface area contributed by atoms with Crippen molar-refractivity contribution in [3.63, 3.8) is 0 Å². The highest BCUT2D eigenvalue weighted by Gasteiger charge is 2.79. The van der Waals surface area contributed by atoms with E-state index in [2.05, 4.69) is 6.07 Å². The Bertz CT molecular complexity index is 930. The molecule has 4 atom stereocenters. The van der Waals surface area contributed by atoms with Crippen LogP contribution in [0.25, 0.3) is 0 Å². The SMILES string of the molecule is CN1C(=O)[C@@]23C[C@](C)(C#N)[C@H](c4cccc5c4OCO5)N2C(=O)[C@]1(C)S3. The van der Waals surface area contributed by atoms with Gasteiger partial charge in [0.1, 0.15) is 0 Å². The molecule has 0 radical (unpaired) electrons. The van der Waals surface area contributed by atoms with Gasteiger partial charge in [-0.05, 0) is 19.9 Å². The van der Waals surface area contributed by atoms with Crippen molar-refractivity contribution in [1.82, 2.24) is 9.80 Å². The van der Waals surface area contributed by atoms with Crippen molar-refractivity contribution in [3.05, 3.63) is 23.8 Å². The van der Waals surface area contributed by atoms with Crippen molar-refractivity contribution in [2.75, 3.05) is 13.8 Å². The Balaban J connectivity index is 1.74. The fraction of sp³-hybridized carbons (Fsp3) is 0.500. The van der Waals surface area contributed by atoms with Crippen LogP contribution in [0.4, 0.5) is 0 Å². The quantitative estimate of drug-likeness (QED) is 0.749. The van der Waals surface area contributed by atoms with E-state index in [0.717, 1.165) is 5.56 Å². The molecule has 1 spiro atoms. The Morgan fingerprint density at radius 2 is 2.04 bits per heavy atom. The van der Waals surface area contributed by atoms with Gasteiger partial charge >= 0.3 is 0 Å². The summed E-state index contributed by atoms with van der Waals surface area (Å²) in [5, 5.41) is 9.99. The third kappa shape index (κ3) is 1.48. The number of nitrogens with zero attached hydrogens (tertiary/aromatic N) is 3. The Morgan fingerprint density at radius 1 is 1.27 bits per heavy atom. The maximum atomic E-state index is 13.3. The lowest BCUT2D eigenvalue weighted by atomic mass is 9.79. The summed E-state index contributed by atoms with van der Waals surface area (Å²) < 4.78 is 11.1. The maximum Gasteiger partial charge on any atom is 0.261 e. The van der Waals surface area contributed by atoms with Crippen LogP contribution < -0.4 is 9.47 Å². The second-order valence-electron chi connectivity index (χ2n) is 7.60. The minimum atomic E-state index is -1.03. The molecule has 4 aliphatic heterocycles. The van der Waals surface area contributed by atoms with Crippen molar-refractivity contribution in [2.45, 2.75) is 36.1 Å². The molecule has 4 aliphatic rings. The van der Waals surface area contributed by atoms with E-state index in [4.69, 9.17) is 9.47 Å². The molecule has 5 rings (SSSR count). The number of ether oxygens (including phenoxy) is 2. The molecule has 8 heteroatoms. The van der Waals surface area contributed by atoms with Crippen molar-refractivity contribution < 1.29 is 19.1 Å². The van der Waals surface area contributed by atoms with Crippen LogP contribution in [0, 0.1) is 16.7 Å².